The number of rotatable bonds is 2. The molecule has 0 aliphatic heterocycles. The van der Waals surface area contributed by atoms with Crippen LogP contribution in [-0.2, 0) is 0 Å². The molecule has 0 unspecified atom stereocenters. The molecule has 0 spiro atoms. The van der Waals surface area contributed by atoms with Crippen LogP contribution in [0.3, 0.4) is 0 Å². The summed E-state index contributed by atoms with van der Waals surface area (Å²) in [7, 11) is 0. The maximum atomic E-state index is 13.8. The number of carbonyl (C=O) groups excluding carboxylic acids is 1. The van der Waals surface area contributed by atoms with Crippen LogP contribution in [-0.4, -0.2) is 10.8 Å². The van der Waals surface area contributed by atoms with Gasteiger partial charge in [0.1, 0.15) is 5.82 Å². The van der Waals surface area contributed by atoms with E-state index in [1.54, 1.807) is 36.5 Å². The second-order valence-corrected chi connectivity index (χ2v) is 4.72. The molecule has 3 heteroatoms. The van der Waals surface area contributed by atoms with Crippen LogP contribution in [0.15, 0.2) is 54.9 Å². The minimum Gasteiger partial charge on any atom is -0.289 e. The van der Waals surface area contributed by atoms with Gasteiger partial charge in [0.15, 0.2) is 5.78 Å². The van der Waals surface area contributed by atoms with E-state index in [2.05, 4.69) is 4.98 Å². The van der Waals surface area contributed by atoms with E-state index in [0.717, 1.165) is 5.56 Å². The van der Waals surface area contributed by atoms with Crippen molar-refractivity contribution < 1.29 is 9.18 Å². The Kier molecular flexibility index (Phi) is 3.03. The lowest BCUT2D eigenvalue weighted by Crippen LogP contribution is -2.03. The Morgan fingerprint density at radius 2 is 1.80 bits per heavy atom. The van der Waals surface area contributed by atoms with Gasteiger partial charge in [0.2, 0.25) is 0 Å². The molecule has 0 saturated heterocycles. The maximum absolute atomic E-state index is 13.8. The predicted octanol–water partition coefficient (Wildman–Crippen LogP) is 3.91. The molecule has 98 valence electrons. The third-order valence-electron chi connectivity index (χ3n) is 3.25. The Hall–Kier alpha value is -2.55. The number of pyridine rings is 1. The average Bonchev–Trinajstić information content (AvgIpc) is 2.47. The zero-order valence-electron chi connectivity index (χ0n) is 10.9. The minimum atomic E-state index is -0.320. The summed E-state index contributed by atoms with van der Waals surface area (Å²) < 4.78 is 13.8. The van der Waals surface area contributed by atoms with Gasteiger partial charge in [-0.25, -0.2) is 4.39 Å². The number of aromatic nitrogens is 1. The number of halogens is 1. The molecule has 0 aliphatic rings. The van der Waals surface area contributed by atoms with Crippen molar-refractivity contribution in [3.63, 3.8) is 0 Å². The van der Waals surface area contributed by atoms with E-state index in [-0.39, 0.29) is 11.6 Å². The van der Waals surface area contributed by atoms with Crippen LogP contribution in [0, 0.1) is 12.7 Å². The highest BCUT2D eigenvalue weighted by Crippen LogP contribution is 2.24. The van der Waals surface area contributed by atoms with Gasteiger partial charge in [-0.1, -0.05) is 24.3 Å². The third-order valence-corrected chi connectivity index (χ3v) is 3.25. The molecule has 0 saturated carbocycles. The largest absolute Gasteiger partial charge is 0.289 e. The fourth-order valence-corrected chi connectivity index (χ4v) is 2.29. The Bertz CT molecular complexity index is 811. The molecule has 0 amide bonds. The standard InChI is InChI=1S/C17H12FNO/c1-11-8-12(10-19-9-11)17(20)15-6-7-16(18)14-5-3-2-4-13(14)15/h2-10H,1H3. The number of carbonyl (C=O) groups is 1. The van der Waals surface area contributed by atoms with Gasteiger partial charge in [-0.15, -0.1) is 0 Å². The summed E-state index contributed by atoms with van der Waals surface area (Å²) in [5, 5.41) is 1.08. The van der Waals surface area contributed by atoms with Gasteiger partial charge < -0.3 is 0 Å². The van der Waals surface area contributed by atoms with Crippen molar-refractivity contribution in [2.24, 2.45) is 0 Å². The van der Waals surface area contributed by atoms with Gasteiger partial charge in [-0.2, -0.15) is 0 Å². The zero-order valence-corrected chi connectivity index (χ0v) is 10.9. The summed E-state index contributed by atoms with van der Waals surface area (Å²) in [6.45, 7) is 1.88. The molecule has 1 aromatic heterocycles. The number of ketones is 1. The first-order valence-electron chi connectivity index (χ1n) is 6.30. The van der Waals surface area contributed by atoms with Crippen molar-refractivity contribution in [3.05, 3.63) is 77.4 Å². The molecular formula is C17H12FNO. The first-order chi connectivity index (χ1) is 9.66. The first kappa shape index (κ1) is 12.5. The summed E-state index contributed by atoms with van der Waals surface area (Å²) >= 11 is 0. The van der Waals surface area contributed by atoms with Crippen LogP contribution in [0.1, 0.15) is 21.5 Å². The number of benzene rings is 2. The second kappa shape index (κ2) is 4.85. The highest BCUT2D eigenvalue weighted by Gasteiger charge is 2.14. The first-order valence-corrected chi connectivity index (χ1v) is 6.30. The zero-order chi connectivity index (χ0) is 14.1. The lowest BCUT2D eigenvalue weighted by molar-refractivity contribution is 0.104. The number of hydrogen-bond acceptors (Lipinski definition) is 2. The average molecular weight is 265 g/mol. The van der Waals surface area contributed by atoms with Crippen LogP contribution in [0.2, 0.25) is 0 Å². The lowest BCUT2D eigenvalue weighted by Gasteiger charge is -2.07. The van der Waals surface area contributed by atoms with E-state index in [9.17, 15) is 9.18 Å². The SMILES string of the molecule is Cc1cncc(C(=O)c2ccc(F)c3ccccc23)c1. The van der Waals surface area contributed by atoms with E-state index in [4.69, 9.17) is 0 Å². The van der Waals surface area contributed by atoms with Gasteiger partial charge in [0.25, 0.3) is 0 Å². The molecule has 0 bridgehead atoms. The molecule has 0 N–H and O–H groups in total. The number of nitrogens with zero attached hydrogens (tertiary/aromatic N) is 1. The van der Waals surface area contributed by atoms with Gasteiger partial charge in [-0.05, 0) is 36.1 Å². The van der Waals surface area contributed by atoms with Crippen molar-refractivity contribution >= 4 is 16.6 Å². The Balaban J connectivity index is 2.20. The lowest BCUT2D eigenvalue weighted by atomic mass is 9.97. The van der Waals surface area contributed by atoms with E-state index in [1.165, 1.54) is 18.3 Å². The highest BCUT2D eigenvalue weighted by molar-refractivity contribution is 6.16. The smallest absolute Gasteiger partial charge is 0.195 e. The summed E-state index contributed by atoms with van der Waals surface area (Å²) in [4.78, 5) is 16.6. The molecule has 1 heterocycles. The molecule has 0 aliphatic carbocycles. The molecule has 0 radical (unpaired) electrons. The molecule has 3 aromatic rings. The van der Waals surface area contributed by atoms with Crippen molar-refractivity contribution in [1.29, 1.82) is 0 Å². The molecular weight excluding hydrogens is 253 g/mol. The number of aryl methyl sites for hydroxylation is 1. The fraction of sp³-hybridized carbons (Fsp3) is 0.0588. The highest BCUT2D eigenvalue weighted by atomic mass is 19.1. The summed E-state index contributed by atoms with van der Waals surface area (Å²) in [5.41, 5.74) is 1.93. The van der Waals surface area contributed by atoms with Crippen LogP contribution >= 0.6 is 0 Å². The van der Waals surface area contributed by atoms with Crippen LogP contribution in [0.4, 0.5) is 4.39 Å². The van der Waals surface area contributed by atoms with Crippen molar-refractivity contribution in [1.82, 2.24) is 4.98 Å². The Morgan fingerprint density at radius 1 is 1.05 bits per heavy atom. The summed E-state index contributed by atoms with van der Waals surface area (Å²) in [5.74, 6) is -0.461. The van der Waals surface area contributed by atoms with Gasteiger partial charge in [0.05, 0.1) is 0 Å². The maximum Gasteiger partial charge on any atom is 0.195 e. The van der Waals surface area contributed by atoms with Crippen molar-refractivity contribution in [2.75, 3.05) is 0 Å². The van der Waals surface area contributed by atoms with E-state index >= 15 is 0 Å². The van der Waals surface area contributed by atoms with Crippen molar-refractivity contribution in [3.8, 4) is 0 Å². The molecule has 3 rings (SSSR count). The topological polar surface area (TPSA) is 30.0 Å². The molecule has 2 nitrogen and oxygen atoms in total. The van der Waals surface area contributed by atoms with Crippen LogP contribution < -0.4 is 0 Å². The fourth-order valence-electron chi connectivity index (χ4n) is 2.29. The number of hydrogen-bond donors (Lipinski definition) is 0. The van der Waals surface area contributed by atoms with Crippen molar-refractivity contribution in [2.45, 2.75) is 6.92 Å². The molecule has 2 aromatic carbocycles. The molecule has 0 atom stereocenters. The van der Waals surface area contributed by atoms with Crippen LogP contribution in [0.5, 0.6) is 0 Å². The Labute approximate surface area is 115 Å². The summed E-state index contributed by atoms with van der Waals surface area (Å²) in [6.07, 6.45) is 3.23. The monoisotopic (exact) mass is 265 g/mol. The van der Waals surface area contributed by atoms with Gasteiger partial charge in [-0.3, -0.25) is 9.78 Å². The van der Waals surface area contributed by atoms with Gasteiger partial charge >= 0.3 is 0 Å². The minimum absolute atomic E-state index is 0.141. The van der Waals surface area contributed by atoms with E-state index < -0.39 is 0 Å². The van der Waals surface area contributed by atoms with E-state index in [0.29, 0.717) is 21.9 Å². The number of fused-ring (bicyclic) bond motifs is 1. The predicted molar refractivity (Wildman–Crippen MR) is 76.3 cm³/mol. The van der Waals surface area contributed by atoms with Gasteiger partial charge in [0, 0.05) is 28.9 Å². The molecule has 20 heavy (non-hydrogen) atoms. The molecule has 0 fully saturated rings. The van der Waals surface area contributed by atoms with Crippen LogP contribution in [0.25, 0.3) is 10.8 Å². The normalized spacial score (nSPS) is 10.7. The van der Waals surface area contributed by atoms with E-state index in [1.807, 2.05) is 6.92 Å². The quantitative estimate of drug-likeness (QED) is 0.657. The Morgan fingerprint density at radius 3 is 2.55 bits per heavy atom. The second-order valence-electron chi connectivity index (χ2n) is 4.72. The summed E-state index contributed by atoms with van der Waals surface area (Å²) in [6, 6.07) is 11.6. The third kappa shape index (κ3) is 2.07.